The standard InChI is InChI=1S/C13H15N5OS/c1-9-3-2-4-10(7-9)14-12(19)8-20-13-15-16-17-18(13)11-5-6-11/h2-4,7,11H,5-6,8H2,1H3,(H,14,19). The fourth-order valence-corrected chi connectivity index (χ4v) is 2.62. The average Bonchev–Trinajstić information content (AvgIpc) is 3.15. The van der Waals surface area contributed by atoms with Gasteiger partial charge in [-0.3, -0.25) is 4.79 Å². The second-order valence-electron chi connectivity index (χ2n) is 4.84. The highest BCUT2D eigenvalue weighted by atomic mass is 32.2. The predicted octanol–water partition coefficient (Wildman–Crippen LogP) is 2.05. The molecule has 6 nitrogen and oxygen atoms in total. The minimum Gasteiger partial charge on any atom is -0.325 e. The monoisotopic (exact) mass is 289 g/mol. The molecule has 0 atom stereocenters. The van der Waals surface area contributed by atoms with Crippen LogP contribution in [0.5, 0.6) is 0 Å². The molecule has 0 bridgehead atoms. The van der Waals surface area contributed by atoms with Gasteiger partial charge < -0.3 is 5.32 Å². The van der Waals surface area contributed by atoms with Gasteiger partial charge >= 0.3 is 0 Å². The van der Waals surface area contributed by atoms with Gasteiger partial charge in [0.2, 0.25) is 11.1 Å². The van der Waals surface area contributed by atoms with Crippen LogP contribution in [0.15, 0.2) is 29.4 Å². The van der Waals surface area contributed by atoms with Crippen molar-refractivity contribution >= 4 is 23.4 Å². The quantitative estimate of drug-likeness (QED) is 0.853. The maximum absolute atomic E-state index is 11.9. The SMILES string of the molecule is Cc1cccc(NC(=O)CSc2nnnn2C2CC2)c1. The second kappa shape index (κ2) is 5.62. The van der Waals surface area contributed by atoms with Gasteiger partial charge in [-0.2, -0.15) is 0 Å². The number of amides is 1. The first-order chi connectivity index (χ1) is 9.72. The van der Waals surface area contributed by atoms with Gasteiger partial charge in [-0.05, 0) is 47.9 Å². The summed E-state index contributed by atoms with van der Waals surface area (Å²) in [6.07, 6.45) is 2.24. The third-order valence-electron chi connectivity index (χ3n) is 2.99. The molecule has 7 heteroatoms. The predicted molar refractivity (Wildman–Crippen MR) is 76.6 cm³/mol. The van der Waals surface area contributed by atoms with Crippen LogP contribution in [0.25, 0.3) is 0 Å². The van der Waals surface area contributed by atoms with E-state index in [0.717, 1.165) is 24.1 Å². The molecule has 1 aromatic heterocycles. The van der Waals surface area contributed by atoms with Crippen molar-refractivity contribution in [1.29, 1.82) is 0 Å². The lowest BCUT2D eigenvalue weighted by Gasteiger charge is -2.05. The number of benzene rings is 1. The van der Waals surface area contributed by atoms with E-state index >= 15 is 0 Å². The average molecular weight is 289 g/mol. The first-order valence-corrected chi connectivity index (χ1v) is 7.48. The van der Waals surface area contributed by atoms with E-state index in [9.17, 15) is 4.79 Å². The number of nitrogens with zero attached hydrogens (tertiary/aromatic N) is 4. The molecule has 1 aromatic carbocycles. The van der Waals surface area contributed by atoms with Crippen molar-refractivity contribution in [3.05, 3.63) is 29.8 Å². The highest BCUT2D eigenvalue weighted by molar-refractivity contribution is 7.99. The van der Waals surface area contributed by atoms with Crippen molar-refractivity contribution in [2.75, 3.05) is 11.1 Å². The maximum atomic E-state index is 11.9. The Labute approximate surface area is 120 Å². The Morgan fingerprint density at radius 1 is 1.50 bits per heavy atom. The number of anilines is 1. The first-order valence-electron chi connectivity index (χ1n) is 6.49. The maximum Gasteiger partial charge on any atom is 0.234 e. The molecular formula is C13H15N5OS. The molecule has 1 aliphatic rings. The van der Waals surface area contributed by atoms with Gasteiger partial charge in [0.25, 0.3) is 0 Å². The molecule has 1 saturated carbocycles. The molecule has 1 amide bonds. The summed E-state index contributed by atoms with van der Waals surface area (Å²) in [7, 11) is 0. The minimum atomic E-state index is -0.0500. The smallest absolute Gasteiger partial charge is 0.234 e. The Morgan fingerprint density at radius 2 is 2.35 bits per heavy atom. The van der Waals surface area contributed by atoms with Crippen LogP contribution in [0.1, 0.15) is 24.4 Å². The first kappa shape index (κ1) is 13.1. The largest absolute Gasteiger partial charge is 0.325 e. The number of aryl methyl sites for hydroxylation is 1. The highest BCUT2D eigenvalue weighted by Gasteiger charge is 2.28. The molecule has 1 N–H and O–H groups in total. The molecule has 1 aliphatic carbocycles. The Hall–Kier alpha value is -1.89. The molecule has 0 radical (unpaired) electrons. The number of nitrogens with one attached hydrogen (secondary N) is 1. The zero-order valence-electron chi connectivity index (χ0n) is 11.1. The van der Waals surface area contributed by atoms with E-state index in [-0.39, 0.29) is 5.91 Å². The summed E-state index contributed by atoms with van der Waals surface area (Å²) in [5, 5.41) is 15.2. The van der Waals surface area contributed by atoms with E-state index in [2.05, 4.69) is 20.8 Å². The van der Waals surface area contributed by atoms with Gasteiger partial charge in [0, 0.05) is 5.69 Å². The summed E-state index contributed by atoms with van der Waals surface area (Å²) in [6, 6.07) is 8.16. The third-order valence-corrected chi connectivity index (χ3v) is 3.92. The van der Waals surface area contributed by atoms with Gasteiger partial charge in [-0.15, -0.1) is 5.10 Å². The molecule has 1 fully saturated rings. The van der Waals surface area contributed by atoms with Crippen molar-refractivity contribution in [2.24, 2.45) is 0 Å². The molecule has 2 aromatic rings. The van der Waals surface area contributed by atoms with Crippen LogP contribution in [0.2, 0.25) is 0 Å². The molecule has 0 saturated heterocycles. The van der Waals surface area contributed by atoms with E-state index in [1.807, 2.05) is 35.9 Å². The van der Waals surface area contributed by atoms with Crippen LogP contribution >= 0.6 is 11.8 Å². The second-order valence-corrected chi connectivity index (χ2v) is 5.79. The number of tetrazole rings is 1. The van der Waals surface area contributed by atoms with Gasteiger partial charge in [-0.1, -0.05) is 23.9 Å². The van der Waals surface area contributed by atoms with Gasteiger partial charge in [0.15, 0.2) is 0 Å². The third kappa shape index (κ3) is 3.16. The summed E-state index contributed by atoms with van der Waals surface area (Å²) in [5.74, 6) is 0.257. The van der Waals surface area contributed by atoms with Crippen LogP contribution in [0.3, 0.4) is 0 Å². The zero-order chi connectivity index (χ0) is 13.9. The number of hydrogen-bond acceptors (Lipinski definition) is 5. The van der Waals surface area contributed by atoms with E-state index < -0.39 is 0 Å². The Kier molecular flexibility index (Phi) is 3.68. The Balaban J connectivity index is 1.55. The van der Waals surface area contributed by atoms with Crippen molar-refractivity contribution in [3.63, 3.8) is 0 Å². The molecule has 20 heavy (non-hydrogen) atoms. The topological polar surface area (TPSA) is 72.7 Å². The van der Waals surface area contributed by atoms with Crippen LogP contribution in [0.4, 0.5) is 5.69 Å². The Morgan fingerprint density at radius 3 is 3.10 bits per heavy atom. The lowest BCUT2D eigenvalue weighted by molar-refractivity contribution is -0.113. The van der Waals surface area contributed by atoms with Crippen molar-refractivity contribution in [1.82, 2.24) is 20.2 Å². The summed E-state index contributed by atoms with van der Waals surface area (Å²) < 4.78 is 1.81. The van der Waals surface area contributed by atoms with Gasteiger partial charge in [-0.25, -0.2) is 4.68 Å². The van der Waals surface area contributed by atoms with Gasteiger partial charge in [0.1, 0.15) is 0 Å². The summed E-state index contributed by atoms with van der Waals surface area (Å²) in [4.78, 5) is 11.9. The van der Waals surface area contributed by atoms with Crippen molar-refractivity contribution in [3.8, 4) is 0 Å². The highest BCUT2D eigenvalue weighted by Crippen LogP contribution is 2.36. The van der Waals surface area contributed by atoms with E-state index in [1.54, 1.807) is 0 Å². The van der Waals surface area contributed by atoms with E-state index in [4.69, 9.17) is 0 Å². The van der Waals surface area contributed by atoms with E-state index in [0.29, 0.717) is 17.0 Å². The molecule has 104 valence electrons. The molecule has 0 aliphatic heterocycles. The molecule has 3 rings (SSSR count). The van der Waals surface area contributed by atoms with Gasteiger partial charge in [0.05, 0.1) is 11.8 Å². The van der Waals surface area contributed by atoms with Crippen LogP contribution in [0, 0.1) is 6.92 Å². The minimum absolute atomic E-state index is 0.0500. The molecule has 0 spiro atoms. The lowest BCUT2D eigenvalue weighted by Crippen LogP contribution is -2.14. The summed E-state index contributed by atoms with van der Waals surface area (Å²) in [5.41, 5.74) is 1.94. The number of carbonyl (C=O) groups is 1. The molecule has 1 heterocycles. The number of aromatic nitrogens is 4. The summed E-state index contributed by atoms with van der Waals surface area (Å²) >= 11 is 1.37. The van der Waals surface area contributed by atoms with Crippen molar-refractivity contribution in [2.45, 2.75) is 31.0 Å². The molecular weight excluding hydrogens is 274 g/mol. The number of hydrogen-bond donors (Lipinski definition) is 1. The van der Waals surface area contributed by atoms with Crippen molar-refractivity contribution < 1.29 is 4.79 Å². The van der Waals surface area contributed by atoms with E-state index in [1.165, 1.54) is 11.8 Å². The number of rotatable bonds is 5. The molecule has 0 unspecified atom stereocenters. The summed E-state index contributed by atoms with van der Waals surface area (Å²) in [6.45, 7) is 1.99. The van der Waals surface area contributed by atoms with Crippen LogP contribution in [-0.2, 0) is 4.79 Å². The zero-order valence-corrected chi connectivity index (χ0v) is 11.9. The fourth-order valence-electron chi connectivity index (χ4n) is 1.88. The Bertz CT molecular complexity index is 623. The lowest BCUT2D eigenvalue weighted by atomic mass is 10.2. The number of carbonyl (C=O) groups excluding carboxylic acids is 1. The van der Waals surface area contributed by atoms with Crippen LogP contribution < -0.4 is 5.32 Å². The normalized spacial score (nSPS) is 14.2. The number of thioether (sulfide) groups is 1. The fraction of sp³-hybridized carbons (Fsp3) is 0.385. The van der Waals surface area contributed by atoms with Crippen LogP contribution in [-0.4, -0.2) is 31.9 Å².